The number of thioether (sulfide) groups is 2. The summed E-state index contributed by atoms with van der Waals surface area (Å²) in [5, 5.41) is 0. The Balaban J connectivity index is 1.35. The van der Waals surface area contributed by atoms with E-state index in [-0.39, 0.29) is 5.78 Å². The molecule has 0 N–H and O–H groups in total. The van der Waals surface area contributed by atoms with Gasteiger partial charge in [-0.2, -0.15) is 23.5 Å². The van der Waals surface area contributed by atoms with Crippen LogP contribution in [0.15, 0.2) is 36.4 Å². The molecule has 0 amide bonds. The first kappa shape index (κ1) is 25.0. The third-order valence-corrected chi connectivity index (χ3v) is 10.8. The Morgan fingerprint density at radius 1 is 0.667 bits per heavy atom. The minimum atomic E-state index is 0.283. The van der Waals surface area contributed by atoms with Crippen molar-refractivity contribution in [1.29, 1.82) is 0 Å². The van der Waals surface area contributed by atoms with Crippen molar-refractivity contribution in [3.63, 3.8) is 0 Å². The summed E-state index contributed by atoms with van der Waals surface area (Å²) >= 11 is 4.13. The average Bonchev–Trinajstić information content (AvgIpc) is 2.85. The lowest BCUT2D eigenvalue weighted by Crippen LogP contribution is -2.33. The van der Waals surface area contributed by atoms with E-state index in [9.17, 15) is 4.79 Å². The number of carbonyl (C=O) groups is 1. The highest BCUT2D eigenvalue weighted by Gasteiger charge is 2.32. The molecule has 4 aliphatic rings. The maximum atomic E-state index is 14.4. The highest BCUT2D eigenvalue weighted by atomic mass is 32.2. The molecule has 2 aliphatic carbocycles. The van der Waals surface area contributed by atoms with Crippen LogP contribution in [0.2, 0.25) is 0 Å². The average molecular weight is 521 g/mol. The molecule has 0 bridgehead atoms. The molecule has 2 aromatic carbocycles. The van der Waals surface area contributed by atoms with Crippen LogP contribution in [0.5, 0.6) is 0 Å². The predicted octanol–water partition coefficient (Wildman–Crippen LogP) is 6.55. The maximum Gasteiger partial charge on any atom is 0.193 e. The van der Waals surface area contributed by atoms with Gasteiger partial charge in [0.05, 0.1) is 0 Å². The molecule has 0 atom stereocenters. The standard InChI is InChI=1S/C31H40N2OS2/c34-31(27-11-3-9-25(29(27)23-5-1-6-23)21-32-13-17-35-18-14-32)28-12-4-10-26(30(28)24-7-2-8-24)22-33-15-19-36-20-16-33/h3-4,9-12,23-24H,1-2,5-8,13-22H2. The molecule has 6 rings (SSSR count). The van der Waals surface area contributed by atoms with Crippen LogP contribution >= 0.6 is 23.5 Å². The van der Waals surface area contributed by atoms with Crippen molar-refractivity contribution < 1.29 is 4.79 Å². The van der Waals surface area contributed by atoms with E-state index < -0.39 is 0 Å². The van der Waals surface area contributed by atoms with E-state index in [4.69, 9.17) is 0 Å². The molecule has 2 heterocycles. The lowest BCUT2D eigenvalue weighted by molar-refractivity contribution is 0.103. The van der Waals surface area contributed by atoms with Crippen LogP contribution in [0.3, 0.4) is 0 Å². The van der Waals surface area contributed by atoms with Crippen molar-refractivity contribution >= 4 is 29.3 Å². The number of carbonyl (C=O) groups excluding carboxylic acids is 1. The summed E-state index contributed by atoms with van der Waals surface area (Å²) in [6.07, 6.45) is 7.52. The molecule has 36 heavy (non-hydrogen) atoms. The van der Waals surface area contributed by atoms with Crippen molar-refractivity contribution in [2.24, 2.45) is 0 Å². The molecule has 0 unspecified atom stereocenters. The summed E-state index contributed by atoms with van der Waals surface area (Å²) in [4.78, 5) is 19.6. The number of hydrogen-bond donors (Lipinski definition) is 0. The highest BCUT2D eigenvalue weighted by molar-refractivity contribution is 7.99. The second-order valence-corrected chi connectivity index (χ2v) is 13.6. The summed E-state index contributed by atoms with van der Waals surface area (Å²) < 4.78 is 0. The molecule has 2 saturated carbocycles. The topological polar surface area (TPSA) is 23.6 Å². The molecule has 4 fully saturated rings. The minimum absolute atomic E-state index is 0.283. The number of hydrogen-bond acceptors (Lipinski definition) is 5. The summed E-state index contributed by atoms with van der Waals surface area (Å²) in [6, 6.07) is 13.2. The third-order valence-electron chi connectivity index (χ3n) is 8.90. The molecule has 3 nitrogen and oxygen atoms in total. The fraction of sp³-hybridized carbons (Fsp3) is 0.581. The molecule has 192 valence electrons. The molecule has 0 radical (unpaired) electrons. The minimum Gasteiger partial charge on any atom is -0.297 e. The number of nitrogens with zero attached hydrogens (tertiary/aromatic N) is 2. The van der Waals surface area contributed by atoms with Gasteiger partial charge >= 0.3 is 0 Å². The van der Waals surface area contributed by atoms with Gasteiger partial charge in [-0.1, -0.05) is 49.2 Å². The molecule has 2 saturated heterocycles. The fourth-order valence-electron chi connectivity index (χ4n) is 6.40. The van der Waals surface area contributed by atoms with Gasteiger partial charge in [0.15, 0.2) is 5.78 Å². The van der Waals surface area contributed by atoms with Crippen molar-refractivity contribution in [1.82, 2.24) is 9.80 Å². The SMILES string of the molecule is O=C(c1cccc(CN2CCSCC2)c1C1CCC1)c1cccc(CN2CCSCC2)c1C1CCC1. The largest absolute Gasteiger partial charge is 0.297 e. The second kappa shape index (κ2) is 11.6. The Bertz CT molecular complexity index is 983. The normalized spacial score (nSPS) is 22.2. The van der Waals surface area contributed by atoms with Gasteiger partial charge in [-0.05, 0) is 59.8 Å². The van der Waals surface area contributed by atoms with Crippen LogP contribution in [0, 0.1) is 0 Å². The van der Waals surface area contributed by atoms with E-state index in [0.717, 1.165) is 50.4 Å². The van der Waals surface area contributed by atoms with Gasteiger partial charge in [0.25, 0.3) is 0 Å². The zero-order valence-corrected chi connectivity index (χ0v) is 23.2. The van der Waals surface area contributed by atoms with Gasteiger partial charge in [-0.25, -0.2) is 0 Å². The van der Waals surface area contributed by atoms with Gasteiger partial charge in [0, 0.05) is 73.4 Å². The highest BCUT2D eigenvalue weighted by Crippen LogP contribution is 2.44. The zero-order chi connectivity index (χ0) is 24.3. The van der Waals surface area contributed by atoms with Gasteiger partial charge in [-0.15, -0.1) is 0 Å². The van der Waals surface area contributed by atoms with Crippen LogP contribution in [0.1, 0.15) is 88.5 Å². The molecule has 2 aromatic rings. The number of benzene rings is 2. The summed E-state index contributed by atoms with van der Waals surface area (Å²) in [6.45, 7) is 6.64. The molecule has 2 aliphatic heterocycles. The van der Waals surface area contributed by atoms with Crippen molar-refractivity contribution in [2.75, 3.05) is 49.2 Å². The molecule has 5 heteroatoms. The van der Waals surface area contributed by atoms with Crippen molar-refractivity contribution in [3.8, 4) is 0 Å². The smallest absolute Gasteiger partial charge is 0.193 e. The molecule has 0 spiro atoms. The Morgan fingerprint density at radius 3 is 1.44 bits per heavy atom. The van der Waals surface area contributed by atoms with Crippen molar-refractivity contribution in [2.45, 2.75) is 63.5 Å². The Labute approximate surface area is 225 Å². The van der Waals surface area contributed by atoms with Gasteiger partial charge < -0.3 is 0 Å². The summed E-state index contributed by atoms with van der Waals surface area (Å²) in [5.74, 6) is 6.30. The monoisotopic (exact) mass is 520 g/mol. The lowest BCUT2D eigenvalue weighted by Gasteiger charge is -2.34. The number of ketones is 1. The predicted molar refractivity (Wildman–Crippen MR) is 155 cm³/mol. The Morgan fingerprint density at radius 2 is 1.08 bits per heavy atom. The van der Waals surface area contributed by atoms with Gasteiger partial charge in [-0.3, -0.25) is 14.6 Å². The Kier molecular flexibility index (Phi) is 8.09. The lowest BCUT2D eigenvalue weighted by atomic mass is 9.72. The quantitative estimate of drug-likeness (QED) is 0.367. The summed E-state index contributed by atoms with van der Waals surface area (Å²) in [7, 11) is 0. The van der Waals surface area contributed by atoms with E-state index in [0.29, 0.717) is 11.8 Å². The van der Waals surface area contributed by atoms with Crippen LogP contribution < -0.4 is 0 Å². The molecule has 0 aromatic heterocycles. The third kappa shape index (κ3) is 5.32. The Hall–Kier alpha value is -1.27. The molecular formula is C31H40N2OS2. The molecular weight excluding hydrogens is 480 g/mol. The van der Waals surface area contributed by atoms with Crippen molar-refractivity contribution in [3.05, 3.63) is 69.8 Å². The van der Waals surface area contributed by atoms with E-state index in [1.165, 1.54) is 83.8 Å². The van der Waals surface area contributed by atoms with Gasteiger partial charge in [0.2, 0.25) is 0 Å². The van der Waals surface area contributed by atoms with E-state index in [2.05, 4.69) is 69.7 Å². The first-order valence-electron chi connectivity index (χ1n) is 14.2. The maximum absolute atomic E-state index is 14.4. The number of rotatable bonds is 8. The van der Waals surface area contributed by atoms with Crippen LogP contribution in [0.4, 0.5) is 0 Å². The zero-order valence-electron chi connectivity index (χ0n) is 21.6. The van der Waals surface area contributed by atoms with E-state index in [1.54, 1.807) is 0 Å². The van der Waals surface area contributed by atoms with E-state index >= 15 is 0 Å². The van der Waals surface area contributed by atoms with Crippen LogP contribution in [-0.4, -0.2) is 64.8 Å². The first-order valence-corrected chi connectivity index (χ1v) is 16.5. The fourth-order valence-corrected chi connectivity index (χ4v) is 8.36. The second-order valence-electron chi connectivity index (χ2n) is 11.1. The van der Waals surface area contributed by atoms with Gasteiger partial charge in [0.1, 0.15) is 0 Å². The van der Waals surface area contributed by atoms with E-state index in [1.807, 2.05) is 0 Å². The first-order chi connectivity index (χ1) is 17.8. The van der Waals surface area contributed by atoms with Crippen LogP contribution in [-0.2, 0) is 13.1 Å². The summed E-state index contributed by atoms with van der Waals surface area (Å²) in [5.41, 5.74) is 7.57. The van der Waals surface area contributed by atoms with Crippen LogP contribution in [0.25, 0.3) is 0 Å².